The molecule has 1 aliphatic carbocycles. The van der Waals surface area contributed by atoms with Gasteiger partial charge in [-0.25, -0.2) is 0 Å². The second kappa shape index (κ2) is 10.4. The second-order valence-electron chi connectivity index (χ2n) is 11.9. The van der Waals surface area contributed by atoms with E-state index in [1.165, 1.54) is 60.8 Å². The van der Waals surface area contributed by atoms with Crippen LogP contribution in [0.2, 0.25) is 0 Å². The maximum atomic E-state index is 10.0. The Bertz CT molecular complexity index is 2490. The second-order valence-corrected chi connectivity index (χ2v) is 11.9. The highest BCUT2D eigenvalue weighted by atomic mass is 14.3. The monoisotopic (exact) mass is 581 g/mol. The third-order valence-corrected chi connectivity index (χ3v) is 9.45. The Labute approximate surface area is 268 Å². The molecule has 0 unspecified atom stereocenters. The van der Waals surface area contributed by atoms with Crippen LogP contribution in [0.5, 0.6) is 0 Å². The summed E-state index contributed by atoms with van der Waals surface area (Å²) < 4.78 is 0. The van der Waals surface area contributed by atoms with E-state index in [4.69, 9.17) is 0 Å². The van der Waals surface area contributed by atoms with E-state index in [0.29, 0.717) is 5.56 Å². The fourth-order valence-corrected chi connectivity index (χ4v) is 7.46. The molecular weight excluding hydrogens is 555 g/mol. The van der Waals surface area contributed by atoms with Gasteiger partial charge in [0.15, 0.2) is 0 Å². The molecule has 0 amide bonds. The highest BCUT2D eigenvalue weighted by Gasteiger charge is 2.30. The molecule has 0 saturated carbocycles. The highest BCUT2D eigenvalue weighted by molar-refractivity contribution is 6.22. The molecule has 9 rings (SSSR count). The summed E-state index contributed by atoms with van der Waals surface area (Å²) in [5.41, 5.74) is 15.1. The molecule has 0 atom stereocenters. The maximum absolute atomic E-state index is 10.0. The minimum atomic E-state index is 0.686. The zero-order valence-corrected chi connectivity index (χ0v) is 25.0. The molecule has 0 aromatic heterocycles. The summed E-state index contributed by atoms with van der Waals surface area (Å²) >= 11 is 0. The van der Waals surface area contributed by atoms with Gasteiger partial charge in [0, 0.05) is 5.56 Å². The van der Waals surface area contributed by atoms with Gasteiger partial charge in [-0.05, 0) is 94.9 Å². The van der Waals surface area contributed by atoms with Crippen molar-refractivity contribution in [2.75, 3.05) is 0 Å². The summed E-state index contributed by atoms with van der Waals surface area (Å²) in [6.45, 7) is 0. The van der Waals surface area contributed by atoms with Crippen LogP contribution in [0.3, 0.4) is 0 Å². The predicted molar refractivity (Wildman–Crippen MR) is 192 cm³/mol. The van der Waals surface area contributed by atoms with Gasteiger partial charge in [0.25, 0.3) is 0 Å². The molecule has 1 heteroatoms. The first-order valence-corrected chi connectivity index (χ1v) is 15.7. The van der Waals surface area contributed by atoms with Crippen molar-refractivity contribution in [1.82, 2.24) is 0 Å². The van der Waals surface area contributed by atoms with E-state index in [9.17, 15) is 5.26 Å². The Morgan fingerprint density at radius 2 is 0.891 bits per heavy atom. The predicted octanol–water partition coefficient (Wildman–Crippen LogP) is 12.2. The van der Waals surface area contributed by atoms with Crippen LogP contribution in [0.4, 0.5) is 0 Å². The lowest BCUT2D eigenvalue weighted by Gasteiger charge is -2.21. The molecule has 0 heterocycles. The Kier molecular flexibility index (Phi) is 5.95. The average Bonchev–Trinajstić information content (AvgIpc) is 3.47. The number of nitriles is 1. The van der Waals surface area contributed by atoms with Crippen LogP contribution in [0.25, 0.3) is 88.3 Å². The van der Waals surface area contributed by atoms with Crippen molar-refractivity contribution < 1.29 is 0 Å². The molecule has 0 spiro atoms. The van der Waals surface area contributed by atoms with E-state index in [1.807, 2.05) is 24.3 Å². The number of hydrogen-bond acceptors (Lipinski definition) is 1. The zero-order valence-electron chi connectivity index (χ0n) is 25.0. The molecule has 8 aromatic carbocycles. The van der Waals surface area contributed by atoms with Crippen molar-refractivity contribution in [2.45, 2.75) is 0 Å². The van der Waals surface area contributed by atoms with Crippen molar-refractivity contribution in [2.24, 2.45) is 0 Å². The summed E-state index contributed by atoms with van der Waals surface area (Å²) in [5.74, 6) is 0. The number of fused-ring (bicyclic) bond motifs is 4. The number of nitrogens with zero attached hydrogens (tertiary/aromatic N) is 1. The third-order valence-electron chi connectivity index (χ3n) is 9.45. The van der Waals surface area contributed by atoms with Crippen LogP contribution in [0, 0.1) is 11.3 Å². The van der Waals surface area contributed by atoms with Crippen LogP contribution in [-0.4, -0.2) is 0 Å². The molecule has 0 N–H and O–H groups in total. The topological polar surface area (TPSA) is 23.8 Å². The summed E-state index contributed by atoms with van der Waals surface area (Å²) in [6.07, 6.45) is 0. The van der Waals surface area contributed by atoms with Gasteiger partial charge in [-0.3, -0.25) is 0 Å². The highest BCUT2D eigenvalue weighted by Crippen LogP contribution is 2.57. The largest absolute Gasteiger partial charge is 0.192 e. The van der Waals surface area contributed by atoms with Gasteiger partial charge < -0.3 is 0 Å². The Balaban J connectivity index is 1.35. The van der Waals surface area contributed by atoms with E-state index >= 15 is 0 Å². The lowest BCUT2D eigenvalue weighted by molar-refractivity contribution is 1.49. The van der Waals surface area contributed by atoms with E-state index in [2.05, 4.69) is 146 Å². The molecule has 1 nitrogen and oxygen atoms in total. The first kappa shape index (κ1) is 26.2. The summed E-state index contributed by atoms with van der Waals surface area (Å²) in [7, 11) is 0. The van der Waals surface area contributed by atoms with Crippen molar-refractivity contribution in [3.8, 4) is 72.8 Å². The van der Waals surface area contributed by atoms with Gasteiger partial charge in [-0.2, -0.15) is 5.26 Å². The summed E-state index contributed by atoms with van der Waals surface area (Å²) in [4.78, 5) is 0. The van der Waals surface area contributed by atoms with E-state index in [-0.39, 0.29) is 0 Å². The molecule has 0 fully saturated rings. The minimum Gasteiger partial charge on any atom is -0.192 e. The Morgan fingerprint density at radius 3 is 1.61 bits per heavy atom. The third kappa shape index (κ3) is 3.95. The molecule has 0 aliphatic heterocycles. The van der Waals surface area contributed by atoms with Crippen LogP contribution in [-0.2, 0) is 0 Å². The smallest absolute Gasteiger partial charge is 0.0998 e. The molecule has 212 valence electrons. The first-order valence-electron chi connectivity index (χ1n) is 15.7. The van der Waals surface area contributed by atoms with Gasteiger partial charge >= 0.3 is 0 Å². The lowest BCUT2D eigenvalue weighted by Crippen LogP contribution is -1.95. The minimum absolute atomic E-state index is 0.686. The summed E-state index contributed by atoms with van der Waals surface area (Å²) in [6, 6.07) is 60.9. The van der Waals surface area contributed by atoms with Crippen molar-refractivity contribution in [3.63, 3.8) is 0 Å². The average molecular weight is 582 g/mol. The number of benzene rings is 8. The zero-order chi connectivity index (χ0) is 30.6. The van der Waals surface area contributed by atoms with Gasteiger partial charge in [0.05, 0.1) is 11.6 Å². The Morgan fingerprint density at radius 1 is 0.348 bits per heavy atom. The van der Waals surface area contributed by atoms with Crippen molar-refractivity contribution in [1.29, 1.82) is 5.26 Å². The molecule has 0 bridgehead atoms. The van der Waals surface area contributed by atoms with Crippen LogP contribution >= 0.6 is 0 Å². The van der Waals surface area contributed by atoms with Crippen LogP contribution in [0.15, 0.2) is 164 Å². The fourth-order valence-electron chi connectivity index (χ4n) is 7.46. The van der Waals surface area contributed by atoms with Crippen LogP contribution < -0.4 is 0 Å². The fraction of sp³-hybridized carbons (Fsp3) is 0. The maximum Gasteiger partial charge on any atom is 0.0998 e. The van der Waals surface area contributed by atoms with Crippen LogP contribution in [0.1, 0.15) is 5.56 Å². The van der Waals surface area contributed by atoms with E-state index < -0.39 is 0 Å². The van der Waals surface area contributed by atoms with Crippen molar-refractivity contribution in [3.05, 3.63) is 169 Å². The Hall–Kier alpha value is -6.23. The molecule has 46 heavy (non-hydrogen) atoms. The van der Waals surface area contributed by atoms with Gasteiger partial charge in [-0.15, -0.1) is 0 Å². The molecule has 0 radical (unpaired) electrons. The summed E-state index contributed by atoms with van der Waals surface area (Å²) in [5, 5.41) is 14.9. The quantitative estimate of drug-likeness (QED) is 0.203. The van der Waals surface area contributed by atoms with E-state index in [0.717, 1.165) is 27.5 Å². The molecule has 0 saturated heterocycles. The molecular formula is C45H27N. The van der Waals surface area contributed by atoms with Gasteiger partial charge in [0.2, 0.25) is 0 Å². The first-order chi connectivity index (χ1) is 22.8. The lowest BCUT2D eigenvalue weighted by atomic mass is 9.82. The standard InChI is InChI=1S/C45H27N/c46-28-35-26-23-30-13-7-8-18-36(30)41(35)34-24-21-31(22-25-34)39-27-40(29-11-3-1-4-12-29)44-37-19-9-16-32-17-10-20-38(42(32)37)45(44)43(39)33-14-5-2-6-15-33/h1-27H. The van der Waals surface area contributed by atoms with E-state index in [1.54, 1.807) is 0 Å². The number of hydrogen-bond donors (Lipinski definition) is 0. The van der Waals surface area contributed by atoms with Gasteiger partial charge in [-0.1, -0.05) is 152 Å². The van der Waals surface area contributed by atoms with Gasteiger partial charge in [0.1, 0.15) is 0 Å². The SMILES string of the molecule is N#Cc1ccc2ccccc2c1-c1ccc(-c2cc(-c3ccccc3)c3c(c2-c2ccccc2)-c2cccc4cccc-3c24)cc1. The molecule has 1 aliphatic rings. The normalized spacial score (nSPS) is 11.5. The number of rotatable bonds is 4. The molecule has 8 aromatic rings. The van der Waals surface area contributed by atoms with Crippen molar-refractivity contribution >= 4 is 21.5 Å².